The minimum Gasteiger partial charge on any atom is -0.465 e. The molecule has 0 aliphatic heterocycles. The van der Waals surface area contributed by atoms with Gasteiger partial charge in [-0.2, -0.15) is 5.10 Å². The average molecular weight is 367 g/mol. The Bertz CT molecular complexity index is 933. The van der Waals surface area contributed by atoms with Gasteiger partial charge in [0.25, 0.3) is 10.0 Å². The molecule has 10 heteroatoms. The zero-order valence-electron chi connectivity index (χ0n) is 14.1. The summed E-state index contributed by atoms with van der Waals surface area (Å²) < 4.78 is 38.2. The lowest BCUT2D eigenvalue weighted by Crippen LogP contribution is -2.17. The van der Waals surface area contributed by atoms with Gasteiger partial charge in [-0.1, -0.05) is 0 Å². The third-order valence-electron chi connectivity index (χ3n) is 3.57. The Labute approximate surface area is 144 Å². The lowest BCUT2D eigenvalue weighted by Gasteiger charge is -2.12. The quantitative estimate of drug-likeness (QED) is 0.787. The van der Waals surface area contributed by atoms with E-state index < -0.39 is 22.0 Å². The van der Waals surface area contributed by atoms with Gasteiger partial charge in [-0.25, -0.2) is 18.0 Å². The molecule has 0 atom stereocenters. The van der Waals surface area contributed by atoms with Crippen LogP contribution in [0.4, 0.5) is 5.69 Å². The van der Waals surface area contributed by atoms with Gasteiger partial charge in [0.15, 0.2) is 0 Å². The van der Waals surface area contributed by atoms with E-state index in [1.165, 1.54) is 43.3 Å². The second-order valence-electron chi connectivity index (χ2n) is 5.07. The van der Waals surface area contributed by atoms with E-state index in [1.54, 1.807) is 14.0 Å². The average Bonchev–Trinajstić information content (AvgIpc) is 2.93. The number of benzene rings is 1. The van der Waals surface area contributed by atoms with Crippen LogP contribution < -0.4 is 4.72 Å². The van der Waals surface area contributed by atoms with Gasteiger partial charge in [-0.05, 0) is 25.1 Å². The van der Waals surface area contributed by atoms with Gasteiger partial charge in [-0.3, -0.25) is 9.40 Å². The molecule has 1 heterocycles. The number of ether oxygens (including phenoxy) is 2. The minimum absolute atomic E-state index is 0.0414. The van der Waals surface area contributed by atoms with Gasteiger partial charge in [0, 0.05) is 7.05 Å². The molecule has 134 valence electrons. The van der Waals surface area contributed by atoms with Crippen molar-refractivity contribution in [2.75, 3.05) is 18.9 Å². The molecular formula is C15H17N3O6S. The van der Waals surface area contributed by atoms with E-state index in [0.717, 1.165) is 0 Å². The maximum atomic E-state index is 12.6. The molecule has 0 saturated carbocycles. The fourth-order valence-electron chi connectivity index (χ4n) is 2.10. The first-order chi connectivity index (χ1) is 11.7. The van der Waals surface area contributed by atoms with E-state index in [1.807, 2.05) is 0 Å². The predicted octanol–water partition coefficient (Wildman–Crippen LogP) is 1.10. The van der Waals surface area contributed by atoms with Gasteiger partial charge in [-0.15, -0.1) is 0 Å². The predicted molar refractivity (Wildman–Crippen MR) is 87.9 cm³/mol. The molecule has 9 nitrogen and oxygen atoms in total. The van der Waals surface area contributed by atoms with Crippen molar-refractivity contribution in [2.45, 2.75) is 11.8 Å². The molecule has 0 amide bonds. The summed E-state index contributed by atoms with van der Waals surface area (Å²) in [5.41, 5.74) is 0.352. The molecule has 0 radical (unpaired) electrons. The summed E-state index contributed by atoms with van der Waals surface area (Å²) in [6.45, 7) is 1.59. The lowest BCUT2D eigenvalue weighted by atomic mass is 10.1. The van der Waals surface area contributed by atoms with E-state index >= 15 is 0 Å². The maximum absolute atomic E-state index is 12.6. The number of aromatic nitrogens is 2. The van der Waals surface area contributed by atoms with Crippen LogP contribution in [0.25, 0.3) is 0 Å². The van der Waals surface area contributed by atoms with E-state index in [0.29, 0.717) is 5.69 Å². The number of sulfonamides is 1. The summed E-state index contributed by atoms with van der Waals surface area (Å²) in [6.07, 6.45) is 1.19. The molecular weight excluding hydrogens is 350 g/mol. The van der Waals surface area contributed by atoms with Crippen LogP contribution in [-0.4, -0.2) is 44.4 Å². The van der Waals surface area contributed by atoms with Crippen molar-refractivity contribution in [3.8, 4) is 0 Å². The number of carbonyl (C=O) groups excluding carboxylic acids is 2. The number of nitrogens with one attached hydrogen (secondary N) is 1. The summed E-state index contributed by atoms with van der Waals surface area (Å²) >= 11 is 0. The first kappa shape index (κ1) is 18.5. The standard InChI is InChI=1S/C15H17N3O6S/c1-9-13(8-16-18(9)2)25(21,22)17-12-7-10(14(19)23-3)5-6-11(12)15(20)24-4/h5-8,17H,1-4H3. The second kappa shape index (κ2) is 6.93. The van der Waals surface area contributed by atoms with E-state index in [4.69, 9.17) is 0 Å². The largest absolute Gasteiger partial charge is 0.465 e. The Morgan fingerprint density at radius 3 is 2.32 bits per heavy atom. The fourth-order valence-corrected chi connectivity index (χ4v) is 3.38. The first-order valence-corrected chi connectivity index (χ1v) is 8.51. The van der Waals surface area contributed by atoms with Crippen molar-refractivity contribution in [2.24, 2.45) is 7.05 Å². The van der Waals surface area contributed by atoms with Crippen LogP contribution in [0.15, 0.2) is 29.3 Å². The Balaban J connectivity index is 2.54. The number of anilines is 1. The van der Waals surface area contributed by atoms with Gasteiger partial charge in [0.05, 0.1) is 42.9 Å². The smallest absolute Gasteiger partial charge is 0.339 e. The van der Waals surface area contributed by atoms with E-state index in [-0.39, 0.29) is 21.7 Å². The van der Waals surface area contributed by atoms with Gasteiger partial charge in [0.1, 0.15) is 4.90 Å². The van der Waals surface area contributed by atoms with Crippen molar-refractivity contribution in [1.82, 2.24) is 9.78 Å². The molecule has 2 aromatic rings. The highest BCUT2D eigenvalue weighted by atomic mass is 32.2. The number of aryl methyl sites for hydroxylation is 1. The van der Waals surface area contributed by atoms with Crippen molar-refractivity contribution >= 4 is 27.6 Å². The third-order valence-corrected chi connectivity index (χ3v) is 5.04. The molecule has 0 bridgehead atoms. The molecule has 0 aliphatic carbocycles. The maximum Gasteiger partial charge on any atom is 0.339 e. The summed E-state index contributed by atoms with van der Waals surface area (Å²) in [5.74, 6) is -1.42. The van der Waals surface area contributed by atoms with Crippen LogP contribution >= 0.6 is 0 Å². The Hall–Kier alpha value is -2.88. The number of methoxy groups -OCH3 is 2. The van der Waals surface area contributed by atoms with E-state index in [9.17, 15) is 18.0 Å². The number of hydrogen-bond donors (Lipinski definition) is 1. The van der Waals surface area contributed by atoms with Crippen LogP contribution in [0.3, 0.4) is 0 Å². The molecule has 0 unspecified atom stereocenters. The zero-order chi connectivity index (χ0) is 18.8. The minimum atomic E-state index is -4.03. The molecule has 0 fully saturated rings. The molecule has 0 spiro atoms. The molecule has 0 aliphatic rings. The monoisotopic (exact) mass is 367 g/mol. The summed E-state index contributed by atoms with van der Waals surface area (Å²) in [6, 6.07) is 3.83. The number of hydrogen-bond acceptors (Lipinski definition) is 7. The molecule has 25 heavy (non-hydrogen) atoms. The number of carbonyl (C=O) groups is 2. The fraction of sp³-hybridized carbons (Fsp3) is 0.267. The number of nitrogens with zero attached hydrogens (tertiary/aromatic N) is 2. The molecule has 1 aromatic heterocycles. The number of rotatable bonds is 5. The van der Waals surface area contributed by atoms with E-state index in [2.05, 4.69) is 19.3 Å². The normalized spacial score (nSPS) is 11.0. The SMILES string of the molecule is COC(=O)c1ccc(C(=O)OC)c(NS(=O)(=O)c2cnn(C)c2C)c1. The summed E-state index contributed by atoms with van der Waals surface area (Å²) in [4.78, 5) is 23.5. The van der Waals surface area contributed by atoms with Gasteiger partial charge < -0.3 is 9.47 Å². The topological polar surface area (TPSA) is 117 Å². The molecule has 1 aromatic carbocycles. The van der Waals surface area contributed by atoms with Crippen LogP contribution in [0, 0.1) is 6.92 Å². The van der Waals surface area contributed by atoms with Crippen LogP contribution in [-0.2, 0) is 26.5 Å². The van der Waals surface area contributed by atoms with Crippen LogP contribution in [0.1, 0.15) is 26.4 Å². The summed E-state index contributed by atoms with van der Waals surface area (Å²) in [5, 5.41) is 3.89. The van der Waals surface area contributed by atoms with Crippen molar-refractivity contribution < 1.29 is 27.5 Å². The Kier molecular flexibility index (Phi) is 5.12. The lowest BCUT2D eigenvalue weighted by molar-refractivity contribution is 0.0587. The van der Waals surface area contributed by atoms with Gasteiger partial charge in [0.2, 0.25) is 0 Å². The van der Waals surface area contributed by atoms with Gasteiger partial charge >= 0.3 is 11.9 Å². The van der Waals surface area contributed by atoms with Crippen molar-refractivity contribution in [1.29, 1.82) is 0 Å². The van der Waals surface area contributed by atoms with Crippen LogP contribution in [0.2, 0.25) is 0 Å². The molecule has 0 saturated heterocycles. The Morgan fingerprint density at radius 1 is 1.16 bits per heavy atom. The highest BCUT2D eigenvalue weighted by molar-refractivity contribution is 7.92. The summed E-state index contributed by atoms with van der Waals surface area (Å²) in [7, 11) is -0.0659. The highest BCUT2D eigenvalue weighted by Crippen LogP contribution is 2.24. The highest BCUT2D eigenvalue weighted by Gasteiger charge is 2.24. The first-order valence-electron chi connectivity index (χ1n) is 7.03. The molecule has 2 rings (SSSR count). The zero-order valence-corrected chi connectivity index (χ0v) is 14.9. The van der Waals surface area contributed by atoms with Crippen LogP contribution in [0.5, 0.6) is 0 Å². The van der Waals surface area contributed by atoms with Crippen molar-refractivity contribution in [3.05, 3.63) is 41.2 Å². The number of esters is 2. The second-order valence-corrected chi connectivity index (χ2v) is 6.72. The Morgan fingerprint density at radius 2 is 1.80 bits per heavy atom. The molecule has 1 N–H and O–H groups in total. The van der Waals surface area contributed by atoms with Crippen molar-refractivity contribution in [3.63, 3.8) is 0 Å². The third kappa shape index (κ3) is 3.63.